The van der Waals surface area contributed by atoms with Crippen molar-refractivity contribution in [2.24, 2.45) is 0 Å². The van der Waals surface area contributed by atoms with Crippen LogP contribution in [0.15, 0.2) is 16.6 Å². The van der Waals surface area contributed by atoms with E-state index in [-0.39, 0.29) is 11.9 Å². The largest absolute Gasteiger partial charge is 0.310 e. The van der Waals surface area contributed by atoms with Crippen LogP contribution in [-0.2, 0) is 0 Å². The van der Waals surface area contributed by atoms with E-state index in [0.717, 1.165) is 19.4 Å². The SMILES string of the molecule is Fc1ccc(Cl)c(Br)c1C1CCCN1. The van der Waals surface area contributed by atoms with Crippen molar-refractivity contribution in [3.05, 3.63) is 33.0 Å². The van der Waals surface area contributed by atoms with Crippen molar-refractivity contribution in [1.29, 1.82) is 0 Å². The van der Waals surface area contributed by atoms with Crippen LogP contribution in [-0.4, -0.2) is 6.54 Å². The Kier molecular flexibility index (Phi) is 3.10. The van der Waals surface area contributed by atoms with E-state index in [2.05, 4.69) is 21.2 Å². The van der Waals surface area contributed by atoms with Crippen LogP contribution in [0, 0.1) is 5.82 Å². The third-order valence-electron chi connectivity index (χ3n) is 2.49. The molecule has 1 aliphatic heterocycles. The van der Waals surface area contributed by atoms with Crippen molar-refractivity contribution in [3.63, 3.8) is 0 Å². The number of hydrogen-bond acceptors (Lipinski definition) is 1. The molecule has 1 aromatic carbocycles. The minimum Gasteiger partial charge on any atom is -0.310 e. The predicted octanol–water partition coefficient (Wildman–Crippen LogP) is 3.67. The highest BCUT2D eigenvalue weighted by molar-refractivity contribution is 9.10. The van der Waals surface area contributed by atoms with E-state index < -0.39 is 0 Å². The molecule has 1 unspecified atom stereocenters. The van der Waals surface area contributed by atoms with Crippen LogP contribution in [0.1, 0.15) is 24.4 Å². The summed E-state index contributed by atoms with van der Waals surface area (Å²) in [5.41, 5.74) is 0.662. The van der Waals surface area contributed by atoms with Gasteiger partial charge in [0.1, 0.15) is 5.82 Å². The molecule has 1 heterocycles. The molecule has 1 aromatic rings. The first kappa shape index (κ1) is 10.4. The molecule has 1 N–H and O–H groups in total. The molecule has 2 rings (SSSR count). The molecule has 0 amide bonds. The molecule has 14 heavy (non-hydrogen) atoms. The molecule has 0 saturated carbocycles. The Balaban J connectivity index is 2.44. The van der Waals surface area contributed by atoms with E-state index >= 15 is 0 Å². The average Bonchev–Trinajstić information content (AvgIpc) is 2.65. The third kappa shape index (κ3) is 1.81. The topological polar surface area (TPSA) is 12.0 Å². The summed E-state index contributed by atoms with van der Waals surface area (Å²) in [7, 11) is 0. The summed E-state index contributed by atoms with van der Waals surface area (Å²) in [6.07, 6.45) is 2.05. The van der Waals surface area contributed by atoms with Crippen LogP contribution in [0.5, 0.6) is 0 Å². The fraction of sp³-hybridized carbons (Fsp3) is 0.400. The minimum atomic E-state index is -0.194. The molecular formula is C10H10BrClFN. The summed E-state index contributed by atoms with van der Waals surface area (Å²) in [5, 5.41) is 3.82. The Bertz CT molecular complexity index is 350. The normalized spacial score (nSPS) is 21.5. The standard InChI is InChI=1S/C10H10BrClFN/c11-10-6(12)3-4-7(13)9(10)8-2-1-5-14-8/h3-4,8,14H,1-2,5H2. The zero-order chi connectivity index (χ0) is 10.1. The Morgan fingerprint density at radius 1 is 1.50 bits per heavy atom. The maximum Gasteiger partial charge on any atom is 0.129 e. The molecule has 1 nitrogen and oxygen atoms in total. The minimum absolute atomic E-state index is 0.100. The fourth-order valence-electron chi connectivity index (χ4n) is 1.79. The van der Waals surface area contributed by atoms with E-state index in [0.29, 0.717) is 15.1 Å². The molecule has 4 heteroatoms. The third-order valence-corrected chi connectivity index (χ3v) is 3.89. The van der Waals surface area contributed by atoms with Crippen LogP contribution in [0.3, 0.4) is 0 Å². The average molecular weight is 279 g/mol. The van der Waals surface area contributed by atoms with Crippen molar-refractivity contribution >= 4 is 27.5 Å². The number of halogens is 3. The summed E-state index contributed by atoms with van der Waals surface area (Å²) < 4.78 is 14.2. The smallest absolute Gasteiger partial charge is 0.129 e. The number of benzene rings is 1. The molecule has 1 atom stereocenters. The van der Waals surface area contributed by atoms with Crippen LogP contribution in [0.25, 0.3) is 0 Å². The molecule has 1 saturated heterocycles. The van der Waals surface area contributed by atoms with Crippen LogP contribution >= 0.6 is 27.5 Å². The summed E-state index contributed by atoms with van der Waals surface area (Å²) in [6.45, 7) is 0.947. The Hall–Kier alpha value is -0.120. The van der Waals surface area contributed by atoms with Crippen molar-refractivity contribution in [3.8, 4) is 0 Å². The molecule has 0 aliphatic carbocycles. The first-order valence-electron chi connectivity index (χ1n) is 4.57. The van der Waals surface area contributed by atoms with Gasteiger partial charge < -0.3 is 5.32 Å². The van der Waals surface area contributed by atoms with E-state index in [1.807, 2.05) is 0 Å². The lowest BCUT2D eigenvalue weighted by molar-refractivity contribution is 0.556. The Labute approximate surface area is 95.8 Å². The highest BCUT2D eigenvalue weighted by Gasteiger charge is 2.23. The second kappa shape index (κ2) is 4.17. The van der Waals surface area contributed by atoms with Gasteiger partial charge in [0.15, 0.2) is 0 Å². The maximum atomic E-state index is 13.6. The predicted molar refractivity (Wildman–Crippen MR) is 59.1 cm³/mol. The summed E-state index contributed by atoms with van der Waals surface area (Å²) in [4.78, 5) is 0. The van der Waals surface area contributed by atoms with Gasteiger partial charge in [0, 0.05) is 16.1 Å². The number of hydrogen-bond donors (Lipinski definition) is 1. The molecule has 0 radical (unpaired) electrons. The van der Waals surface area contributed by atoms with Gasteiger partial charge in [0.2, 0.25) is 0 Å². The van der Waals surface area contributed by atoms with E-state index in [1.165, 1.54) is 6.07 Å². The molecule has 0 spiro atoms. The van der Waals surface area contributed by atoms with Crippen molar-refractivity contribution < 1.29 is 4.39 Å². The number of rotatable bonds is 1. The second-order valence-corrected chi connectivity index (χ2v) is 4.61. The maximum absolute atomic E-state index is 13.6. The van der Waals surface area contributed by atoms with Gasteiger partial charge >= 0.3 is 0 Å². The summed E-state index contributed by atoms with van der Waals surface area (Å²) in [5.74, 6) is -0.194. The fourth-order valence-corrected chi connectivity index (χ4v) is 2.56. The zero-order valence-corrected chi connectivity index (χ0v) is 9.83. The monoisotopic (exact) mass is 277 g/mol. The van der Waals surface area contributed by atoms with Crippen LogP contribution in [0.4, 0.5) is 4.39 Å². The highest BCUT2D eigenvalue weighted by Crippen LogP contribution is 2.35. The number of nitrogens with one attached hydrogen (secondary N) is 1. The molecule has 0 aromatic heterocycles. The molecular weight excluding hydrogens is 268 g/mol. The Morgan fingerprint density at radius 3 is 2.93 bits per heavy atom. The van der Waals surface area contributed by atoms with E-state index in [9.17, 15) is 4.39 Å². The van der Waals surface area contributed by atoms with Crippen LogP contribution in [0.2, 0.25) is 5.02 Å². The van der Waals surface area contributed by atoms with Gasteiger partial charge in [-0.15, -0.1) is 0 Å². The summed E-state index contributed by atoms with van der Waals surface area (Å²) >= 11 is 9.25. The first-order chi connectivity index (χ1) is 6.70. The Morgan fingerprint density at radius 2 is 2.29 bits per heavy atom. The van der Waals surface area contributed by atoms with Crippen LogP contribution < -0.4 is 5.32 Å². The van der Waals surface area contributed by atoms with E-state index in [1.54, 1.807) is 6.07 Å². The van der Waals surface area contributed by atoms with Gasteiger partial charge in [0.25, 0.3) is 0 Å². The van der Waals surface area contributed by atoms with E-state index in [4.69, 9.17) is 11.6 Å². The molecule has 1 aliphatic rings. The highest BCUT2D eigenvalue weighted by atomic mass is 79.9. The molecule has 1 fully saturated rings. The van der Waals surface area contributed by atoms with Gasteiger partial charge in [-0.3, -0.25) is 0 Å². The molecule has 76 valence electrons. The van der Waals surface area contributed by atoms with Crippen molar-refractivity contribution in [1.82, 2.24) is 5.32 Å². The van der Waals surface area contributed by atoms with Gasteiger partial charge in [0.05, 0.1) is 5.02 Å². The summed E-state index contributed by atoms with van der Waals surface area (Å²) in [6, 6.07) is 3.09. The quantitative estimate of drug-likeness (QED) is 0.773. The van der Waals surface area contributed by atoms with Crippen molar-refractivity contribution in [2.75, 3.05) is 6.54 Å². The zero-order valence-electron chi connectivity index (χ0n) is 7.49. The van der Waals surface area contributed by atoms with Gasteiger partial charge in [-0.25, -0.2) is 4.39 Å². The molecule has 0 bridgehead atoms. The lowest BCUT2D eigenvalue weighted by atomic mass is 10.1. The van der Waals surface area contributed by atoms with Gasteiger partial charge in [-0.1, -0.05) is 11.6 Å². The van der Waals surface area contributed by atoms with Crippen molar-refractivity contribution in [2.45, 2.75) is 18.9 Å². The second-order valence-electron chi connectivity index (χ2n) is 3.41. The van der Waals surface area contributed by atoms with Gasteiger partial charge in [-0.05, 0) is 47.4 Å². The first-order valence-corrected chi connectivity index (χ1v) is 5.74. The lowest BCUT2D eigenvalue weighted by Crippen LogP contribution is -2.15. The lowest BCUT2D eigenvalue weighted by Gasteiger charge is -2.14. The van der Waals surface area contributed by atoms with Gasteiger partial charge in [-0.2, -0.15) is 0 Å².